The molecule has 58 heavy (non-hydrogen) atoms. The number of rotatable bonds is 6. The Hall–Kier alpha value is -7.43. The summed E-state index contributed by atoms with van der Waals surface area (Å²) in [7, 11) is 0. The van der Waals surface area contributed by atoms with Crippen LogP contribution in [0.4, 0.5) is 0 Å². The van der Waals surface area contributed by atoms with Crippen molar-refractivity contribution in [2.24, 2.45) is 0 Å². The zero-order valence-corrected chi connectivity index (χ0v) is 32.1. The Morgan fingerprint density at radius 3 is 1.55 bits per heavy atom. The number of hydrogen-bond donors (Lipinski definition) is 0. The number of fused-ring (bicyclic) bond motifs is 6. The molecule has 0 unspecified atom stereocenters. The molecule has 0 atom stereocenters. The van der Waals surface area contributed by atoms with E-state index in [1.54, 1.807) is 0 Å². The molecule has 2 aromatic heterocycles. The third-order valence-electron chi connectivity index (χ3n) is 11.7. The molecule has 0 saturated heterocycles. The van der Waals surface area contributed by atoms with E-state index >= 15 is 0 Å². The van der Waals surface area contributed by atoms with E-state index < -0.39 is 0 Å². The monoisotopic (exact) mass is 743 g/mol. The second-order valence-electron chi connectivity index (χ2n) is 15.6. The van der Waals surface area contributed by atoms with Gasteiger partial charge in [-0.2, -0.15) is 0 Å². The van der Waals surface area contributed by atoms with Crippen molar-refractivity contribution in [2.75, 3.05) is 0 Å². The summed E-state index contributed by atoms with van der Waals surface area (Å²) in [6.45, 7) is 4.60. The molecule has 4 heteroatoms. The smallest absolute Gasteiger partial charge is 0.164 e. The molecule has 11 rings (SSSR count). The lowest BCUT2D eigenvalue weighted by Gasteiger charge is -2.21. The maximum absolute atomic E-state index is 6.62. The lowest BCUT2D eigenvalue weighted by Crippen LogP contribution is -2.15. The third-order valence-corrected chi connectivity index (χ3v) is 11.7. The predicted octanol–water partition coefficient (Wildman–Crippen LogP) is 14.1. The summed E-state index contributed by atoms with van der Waals surface area (Å²) in [5, 5.41) is 2.13. The minimum Gasteiger partial charge on any atom is -0.456 e. The molecule has 0 spiro atoms. The van der Waals surface area contributed by atoms with Crippen molar-refractivity contribution in [2.45, 2.75) is 19.3 Å². The summed E-state index contributed by atoms with van der Waals surface area (Å²) in [4.78, 5) is 15.6. The van der Waals surface area contributed by atoms with Gasteiger partial charge in [0.15, 0.2) is 17.5 Å². The van der Waals surface area contributed by atoms with Gasteiger partial charge in [0.05, 0.1) is 0 Å². The van der Waals surface area contributed by atoms with Crippen LogP contribution in [0.1, 0.15) is 25.0 Å². The minimum atomic E-state index is -0.154. The fraction of sp³-hybridized carbons (Fsp3) is 0.0556. The quantitative estimate of drug-likeness (QED) is 0.170. The molecule has 2 heterocycles. The molecule has 4 nitrogen and oxygen atoms in total. The van der Waals surface area contributed by atoms with Gasteiger partial charge in [-0.1, -0.05) is 166 Å². The van der Waals surface area contributed by atoms with Crippen LogP contribution in [-0.2, 0) is 5.41 Å². The van der Waals surface area contributed by atoms with E-state index in [9.17, 15) is 0 Å². The second kappa shape index (κ2) is 13.4. The van der Waals surface area contributed by atoms with Crippen LogP contribution < -0.4 is 0 Å². The van der Waals surface area contributed by atoms with Crippen molar-refractivity contribution in [3.05, 3.63) is 199 Å². The maximum Gasteiger partial charge on any atom is 0.164 e. The molecule has 0 aliphatic heterocycles. The van der Waals surface area contributed by atoms with Gasteiger partial charge in [0.1, 0.15) is 11.2 Å². The van der Waals surface area contributed by atoms with Crippen LogP contribution in [0.5, 0.6) is 0 Å². The summed E-state index contributed by atoms with van der Waals surface area (Å²) in [6, 6.07) is 66.1. The summed E-state index contributed by atoms with van der Waals surface area (Å²) >= 11 is 0. The van der Waals surface area contributed by atoms with Crippen LogP contribution in [-0.4, -0.2) is 15.0 Å². The standard InChI is InChI=1S/C54H37N3O/c1-54(2)46-24-10-9-22-43(46)44-28-26-40(32-47(44)54)52-55-51(39-21-12-19-37(31-39)35-16-7-4-8-17-35)56-53(57-52)41-27-29-45-49(33-41)58-48-25-13-23-42(50(45)48)38-20-11-18-36(30-38)34-14-5-3-6-15-34/h3-33H,1-2H3. The van der Waals surface area contributed by atoms with E-state index in [1.165, 1.54) is 33.4 Å². The van der Waals surface area contributed by atoms with Gasteiger partial charge < -0.3 is 4.42 Å². The van der Waals surface area contributed by atoms with E-state index in [4.69, 9.17) is 19.4 Å². The Morgan fingerprint density at radius 2 is 0.845 bits per heavy atom. The van der Waals surface area contributed by atoms with E-state index in [1.807, 2.05) is 12.1 Å². The van der Waals surface area contributed by atoms with Gasteiger partial charge in [0.25, 0.3) is 0 Å². The summed E-state index contributed by atoms with van der Waals surface area (Å²) in [5.41, 5.74) is 16.2. The fourth-order valence-electron chi connectivity index (χ4n) is 8.78. The molecular weight excluding hydrogens is 707 g/mol. The first-order chi connectivity index (χ1) is 28.5. The van der Waals surface area contributed by atoms with Crippen LogP contribution in [0.2, 0.25) is 0 Å². The number of furan rings is 1. The lowest BCUT2D eigenvalue weighted by molar-refractivity contribution is 0.660. The molecule has 0 radical (unpaired) electrons. The number of benzene rings is 8. The van der Waals surface area contributed by atoms with Crippen LogP contribution >= 0.6 is 0 Å². The van der Waals surface area contributed by atoms with Gasteiger partial charge in [-0.25, -0.2) is 15.0 Å². The predicted molar refractivity (Wildman–Crippen MR) is 237 cm³/mol. The number of nitrogens with zero attached hydrogens (tertiary/aromatic N) is 3. The molecule has 0 amide bonds. The SMILES string of the molecule is CC1(C)c2ccccc2-c2ccc(-c3nc(-c4cccc(-c5ccccc5)c4)nc(-c4ccc5c(c4)oc4cccc(-c6cccc(-c7ccccc7)c6)c45)n3)cc21. The summed E-state index contributed by atoms with van der Waals surface area (Å²) in [6.07, 6.45) is 0. The van der Waals surface area contributed by atoms with Gasteiger partial charge >= 0.3 is 0 Å². The Labute approximate surface area is 337 Å². The van der Waals surface area contributed by atoms with E-state index in [0.717, 1.165) is 60.9 Å². The zero-order valence-electron chi connectivity index (χ0n) is 32.1. The summed E-state index contributed by atoms with van der Waals surface area (Å²) < 4.78 is 6.62. The molecule has 1 aliphatic rings. The highest BCUT2D eigenvalue weighted by molar-refractivity contribution is 6.13. The normalized spacial score (nSPS) is 12.8. The molecule has 8 aromatic carbocycles. The molecule has 0 bridgehead atoms. The number of hydrogen-bond acceptors (Lipinski definition) is 4. The Bertz CT molecular complexity index is 3200. The molecule has 1 aliphatic carbocycles. The Kier molecular flexibility index (Phi) is 7.80. The average Bonchev–Trinajstić information content (AvgIpc) is 3.78. The van der Waals surface area contributed by atoms with Crippen molar-refractivity contribution in [3.8, 4) is 78.7 Å². The van der Waals surface area contributed by atoms with Crippen molar-refractivity contribution in [1.82, 2.24) is 15.0 Å². The first-order valence-electron chi connectivity index (χ1n) is 19.8. The molecule has 0 N–H and O–H groups in total. The molecule has 10 aromatic rings. The fourth-order valence-corrected chi connectivity index (χ4v) is 8.78. The van der Waals surface area contributed by atoms with Crippen molar-refractivity contribution < 1.29 is 4.42 Å². The van der Waals surface area contributed by atoms with Gasteiger partial charge in [-0.3, -0.25) is 0 Å². The lowest BCUT2D eigenvalue weighted by atomic mass is 9.82. The van der Waals surface area contributed by atoms with Crippen molar-refractivity contribution in [1.29, 1.82) is 0 Å². The summed E-state index contributed by atoms with van der Waals surface area (Å²) in [5.74, 6) is 1.84. The molecular formula is C54H37N3O. The van der Waals surface area contributed by atoms with Gasteiger partial charge in [0, 0.05) is 32.9 Å². The van der Waals surface area contributed by atoms with E-state index in [-0.39, 0.29) is 5.41 Å². The van der Waals surface area contributed by atoms with E-state index in [0.29, 0.717) is 17.5 Å². The van der Waals surface area contributed by atoms with Crippen LogP contribution in [0, 0.1) is 0 Å². The first-order valence-corrected chi connectivity index (χ1v) is 19.8. The van der Waals surface area contributed by atoms with Crippen molar-refractivity contribution in [3.63, 3.8) is 0 Å². The molecule has 274 valence electrons. The topological polar surface area (TPSA) is 51.8 Å². The van der Waals surface area contributed by atoms with Crippen LogP contribution in [0.15, 0.2) is 192 Å². The van der Waals surface area contributed by atoms with Crippen LogP contribution in [0.25, 0.3) is 101 Å². The van der Waals surface area contributed by atoms with Gasteiger partial charge in [-0.15, -0.1) is 0 Å². The number of aromatic nitrogens is 3. The van der Waals surface area contributed by atoms with E-state index in [2.05, 4.69) is 190 Å². The maximum atomic E-state index is 6.62. The van der Waals surface area contributed by atoms with Gasteiger partial charge in [0.2, 0.25) is 0 Å². The van der Waals surface area contributed by atoms with Crippen LogP contribution in [0.3, 0.4) is 0 Å². The molecule has 0 saturated carbocycles. The highest BCUT2D eigenvalue weighted by Gasteiger charge is 2.35. The first kappa shape index (κ1) is 33.9. The Morgan fingerprint density at radius 1 is 0.345 bits per heavy atom. The highest BCUT2D eigenvalue weighted by atomic mass is 16.3. The molecule has 0 fully saturated rings. The van der Waals surface area contributed by atoms with Crippen molar-refractivity contribution >= 4 is 21.9 Å². The zero-order chi connectivity index (χ0) is 38.8. The average molecular weight is 744 g/mol. The van der Waals surface area contributed by atoms with Gasteiger partial charge in [-0.05, 0) is 92.0 Å². The third kappa shape index (κ3) is 5.64. The second-order valence-corrected chi connectivity index (χ2v) is 15.6. The minimum absolute atomic E-state index is 0.154. The Balaban J connectivity index is 1.06. The highest BCUT2D eigenvalue weighted by Crippen LogP contribution is 2.49. The largest absolute Gasteiger partial charge is 0.456 e.